The largest absolute Gasteiger partial charge is 0.398 e. The van der Waals surface area contributed by atoms with Crippen LogP contribution in [0.25, 0.3) is 0 Å². The molecule has 2 N–H and O–H groups in total. The minimum atomic E-state index is 0.0503. The minimum Gasteiger partial charge on any atom is -0.398 e. The quantitative estimate of drug-likeness (QED) is 0.800. The molecule has 1 aromatic carbocycles. The summed E-state index contributed by atoms with van der Waals surface area (Å²) in [5.41, 5.74) is 7.42. The summed E-state index contributed by atoms with van der Waals surface area (Å²) in [6.07, 6.45) is 0. The van der Waals surface area contributed by atoms with Crippen molar-refractivity contribution in [3.63, 3.8) is 0 Å². The van der Waals surface area contributed by atoms with Gasteiger partial charge in [-0.3, -0.25) is 0 Å². The normalized spacial score (nSPS) is 16.0. The number of hydrogen-bond donors (Lipinski definition) is 1. The summed E-state index contributed by atoms with van der Waals surface area (Å²) < 4.78 is 0. The molecule has 5 heteroatoms. The minimum absolute atomic E-state index is 0.0503. The molecule has 1 aliphatic heterocycles. The SMILES string of the molecule is CN1CCN(Cc2ccc(Cl)cc2N)C1=O. The van der Waals surface area contributed by atoms with Crippen molar-refractivity contribution in [2.45, 2.75) is 6.54 Å². The Morgan fingerprint density at radius 3 is 2.75 bits per heavy atom. The summed E-state index contributed by atoms with van der Waals surface area (Å²) in [4.78, 5) is 15.2. The highest BCUT2D eigenvalue weighted by molar-refractivity contribution is 6.30. The van der Waals surface area contributed by atoms with Gasteiger partial charge in [-0.1, -0.05) is 17.7 Å². The van der Waals surface area contributed by atoms with Crippen molar-refractivity contribution in [2.24, 2.45) is 0 Å². The van der Waals surface area contributed by atoms with Crippen molar-refractivity contribution in [3.8, 4) is 0 Å². The first kappa shape index (κ1) is 11.1. The smallest absolute Gasteiger partial charge is 0.320 e. The molecular formula is C11H14ClN3O. The van der Waals surface area contributed by atoms with Crippen molar-refractivity contribution in [1.82, 2.24) is 9.80 Å². The van der Waals surface area contributed by atoms with Gasteiger partial charge in [-0.15, -0.1) is 0 Å². The first-order valence-electron chi connectivity index (χ1n) is 5.12. The van der Waals surface area contributed by atoms with Crippen LogP contribution in [0.15, 0.2) is 18.2 Å². The van der Waals surface area contributed by atoms with Gasteiger partial charge in [0.05, 0.1) is 0 Å². The molecule has 0 aromatic heterocycles. The maximum absolute atomic E-state index is 11.7. The van der Waals surface area contributed by atoms with Gasteiger partial charge < -0.3 is 15.5 Å². The molecule has 2 rings (SSSR count). The first-order chi connectivity index (χ1) is 7.58. The Labute approximate surface area is 99.6 Å². The molecule has 2 amide bonds. The molecule has 0 atom stereocenters. The monoisotopic (exact) mass is 239 g/mol. The Morgan fingerprint density at radius 2 is 2.19 bits per heavy atom. The third kappa shape index (κ3) is 2.07. The maximum atomic E-state index is 11.7. The lowest BCUT2D eigenvalue weighted by atomic mass is 10.2. The lowest BCUT2D eigenvalue weighted by Crippen LogP contribution is -2.29. The number of likely N-dealkylation sites (N-methyl/N-ethyl adjacent to an activating group) is 1. The number of nitrogens with zero attached hydrogens (tertiary/aromatic N) is 2. The van der Waals surface area contributed by atoms with Crippen molar-refractivity contribution >= 4 is 23.3 Å². The summed E-state index contributed by atoms with van der Waals surface area (Å²) >= 11 is 5.82. The van der Waals surface area contributed by atoms with Crippen LogP contribution in [-0.2, 0) is 6.54 Å². The van der Waals surface area contributed by atoms with Gasteiger partial charge in [0.2, 0.25) is 0 Å². The fourth-order valence-electron chi connectivity index (χ4n) is 1.77. The number of amides is 2. The summed E-state index contributed by atoms with van der Waals surface area (Å²) in [5.74, 6) is 0. The highest BCUT2D eigenvalue weighted by Crippen LogP contribution is 2.21. The molecule has 1 heterocycles. The fourth-order valence-corrected chi connectivity index (χ4v) is 1.95. The van der Waals surface area contributed by atoms with E-state index in [2.05, 4.69) is 0 Å². The van der Waals surface area contributed by atoms with Crippen molar-refractivity contribution < 1.29 is 4.79 Å². The number of rotatable bonds is 2. The zero-order valence-electron chi connectivity index (χ0n) is 9.11. The van der Waals surface area contributed by atoms with Crippen LogP contribution in [0.5, 0.6) is 0 Å². The summed E-state index contributed by atoms with van der Waals surface area (Å²) in [6.45, 7) is 2.07. The zero-order chi connectivity index (χ0) is 11.7. The van der Waals surface area contributed by atoms with Crippen LogP contribution < -0.4 is 5.73 Å². The number of hydrogen-bond acceptors (Lipinski definition) is 2. The second-order valence-corrected chi connectivity index (χ2v) is 4.41. The van der Waals surface area contributed by atoms with E-state index in [4.69, 9.17) is 17.3 Å². The van der Waals surface area contributed by atoms with E-state index in [0.717, 1.165) is 18.7 Å². The zero-order valence-corrected chi connectivity index (χ0v) is 9.87. The summed E-state index contributed by atoms with van der Waals surface area (Å²) in [7, 11) is 1.80. The van der Waals surface area contributed by atoms with E-state index < -0.39 is 0 Å². The van der Waals surface area contributed by atoms with Gasteiger partial charge in [-0.25, -0.2) is 4.79 Å². The average molecular weight is 240 g/mol. The highest BCUT2D eigenvalue weighted by Gasteiger charge is 2.25. The molecule has 0 saturated carbocycles. The Bertz CT molecular complexity index is 422. The molecule has 1 fully saturated rings. The topological polar surface area (TPSA) is 49.6 Å². The van der Waals surface area contributed by atoms with E-state index in [9.17, 15) is 4.79 Å². The number of urea groups is 1. The molecule has 0 aliphatic carbocycles. The number of benzene rings is 1. The first-order valence-corrected chi connectivity index (χ1v) is 5.49. The van der Waals surface area contributed by atoms with Crippen LogP contribution in [0.2, 0.25) is 5.02 Å². The van der Waals surface area contributed by atoms with Gasteiger partial charge in [0.1, 0.15) is 0 Å². The van der Waals surface area contributed by atoms with Crippen molar-refractivity contribution in [1.29, 1.82) is 0 Å². The molecule has 1 aliphatic rings. The van der Waals surface area contributed by atoms with Gasteiger partial charge in [0.25, 0.3) is 0 Å². The molecule has 16 heavy (non-hydrogen) atoms. The summed E-state index contributed by atoms with van der Waals surface area (Å²) in [5, 5.41) is 0.617. The third-order valence-electron chi connectivity index (χ3n) is 2.77. The highest BCUT2D eigenvalue weighted by atomic mass is 35.5. The predicted octanol–water partition coefficient (Wildman–Crippen LogP) is 1.79. The summed E-state index contributed by atoms with van der Waals surface area (Å²) in [6, 6.07) is 5.41. The van der Waals surface area contributed by atoms with Gasteiger partial charge in [-0.05, 0) is 17.7 Å². The predicted molar refractivity (Wildman–Crippen MR) is 64.3 cm³/mol. The van der Waals surface area contributed by atoms with E-state index in [1.807, 2.05) is 6.07 Å². The molecule has 0 spiro atoms. The molecule has 86 valence electrons. The fraction of sp³-hybridized carbons (Fsp3) is 0.364. The second kappa shape index (κ2) is 4.22. The number of nitrogens with two attached hydrogens (primary N) is 1. The van der Waals surface area contributed by atoms with E-state index >= 15 is 0 Å². The molecule has 1 saturated heterocycles. The molecule has 1 aromatic rings. The lowest BCUT2D eigenvalue weighted by molar-refractivity contribution is 0.197. The number of carbonyl (C=O) groups is 1. The van der Waals surface area contributed by atoms with Crippen LogP contribution in [0, 0.1) is 0 Å². The molecule has 4 nitrogen and oxygen atoms in total. The van der Waals surface area contributed by atoms with Crippen molar-refractivity contribution in [3.05, 3.63) is 28.8 Å². The Hall–Kier alpha value is -1.42. The number of carbonyl (C=O) groups excluding carboxylic acids is 1. The Kier molecular flexibility index (Phi) is 2.92. The van der Waals surface area contributed by atoms with Crippen LogP contribution in [0.4, 0.5) is 10.5 Å². The van der Waals surface area contributed by atoms with Crippen LogP contribution in [0.3, 0.4) is 0 Å². The van der Waals surface area contributed by atoms with Crippen LogP contribution in [0.1, 0.15) is 5.56 Å². The van der Waals surface area contributed by atoms with E-state index in [0.29, 0.717) is 17.3 Å². The van der Waals surface area contributed by atoms with Gasteiger partial charge in [0, 0.05) is 37.4 Å². The van der Waals surface area contributed by atoms with Crippen LogP contribution >= 0.6 is 11.6 Å². The maximum Gasteiger partial charge on any atom is 0.320 e. The molecule has 0 unspecified atom stereocenters. The van der Waals surface area contributed by atoms with E-state index in [1.54, 1.807) is 29.0 Å². The average Bonchev–Trinajstić information content (AvgIpc) is 2.54. The number of nitrogen functional groups attached to an aromatic ring is 1. The lowest BCUT2D eigenvalue weighted by Gasteiger charge is -2.17. The van der Waals surface area contributed by atoms with Gasteiger partial charge >= 0.3 is 6.03 Å². The van der Waals surface area contributed by atoms with Crippen LogP contribution in [-0.4, -0.2) is 36.0 Å². The number of anilines is 1. The number of halogens is 1. The second-order valence-electron chi connectivity index (χ2n) is 3.97. The van der Waals surface area contributed by atoms with Crippen molar-refractivity contribution in [2.75, 3.05) is 25.9 Å². The van der Waals surface area contributed by atoms with E-state index in [-0.39, 0.29) is 6.03 Å². The Balaban J connectivity index is 2.12. The molecular weight excluding hydrogens is 226 g/mol. The van der Waals surface area contributed by atoms with Gasteiger partial charge in [-0.2, -0.15) is 0 Å². The van der Waals surface area contributed by atoms with Gasteiger partial charge in [0.15, 0.2) is 0 Å². The Morgan fingerprint density at radius 1 is 1.44 bits per heavy atom. The molecule has 0 bridgehead atoms. The molecule has 0 radical (unpaired) electrons. The third-order valence-corrected chi connectivity index (χ3v) is 3.01. The van der Waals surface area contributed by atoms with E-state index in [1.165, 1.54) is 0 Å². The standard InChI is InChI=1S/C11H14ClN3O/c1-14-4-5-15(11(14)16)7-8-2-3-9(12)6-10(8)13/h2-3,6H,4-5,7,13H2,1H3.